The summed E-state index contributed by atoms with van der Waals surface area (Å²) < 4.78 is 5.43. The van der Waals surface area contributed by atoms with Crippen molar-refractivity contribution in [2.45, 2.75) is 13.5 Å². The Kier molecular flexibility index (Phi) is 3.93. The summed E-state index contributed by atoms with van der Waals surface area (Å²) in [5.74, 6) is 0.290. The van der Waals surface area contributed by atoms with E-state index in [1.54, 1.807) is 6.07 Å². The Morgan fingerprint density at radius 3 is 2.38 bits per heavy atom. The normalized spacial score (nSPS) is 11.0. The number of carbonyl (C=O) groups excluding carboxylic acids is 1. The molecule has 0 radical (unpaired) electrons. The molecule has 2 N–H and O–H groups in total. The predicted octanol–water partition coefficient (Wildman–Crippen LogP) is 3.43. The average Bonchev–Trinajstić information content (AvgIpc) is 2.65. The summed E-state index contributed by atoms with van der Waals surface area (Å²) in [6.45, 7) is 1.79. The lowest BCUT2D eigenvalue weighted by atomic mass is 10.1. The summed E-state index contributed by atoms with van der Waals surface area (Å²) in [5.41, 5.74) is 8.67. The van der Waals surface area contributed by atoms with Crippen molar-refractivity contribution in [2.75, 3.05) is 5.73 Å². The average molecular weight is 344 g/mol. The lowest BCUT2D eigenvalue weighted by Gasteiger charge is -2.09. The van der Waals surface area contributed by atoms with E-state index in [-0.39, 0.29) is 6.61 Å². The SMILES string of the molecule is Cc1cc(C(=O)OCc2nc(N)c3ccccc3n2)c2ccccc2n1. The van der Waals surface area contributed by atoms with Crippen LogP contribution in [0.15, 0.2) is 54.6 Å². The number of rotatable bonds is 3. The van der Waals surface area contributed by atoms with Crippen LogP contribution in [0, 0.1) is 6.92 Å². The number of hydrogen-bond donors (Lipinski definition) is 1. The van der Waals surface area contributed by atoms with Gasteiger partial charge < -0.3 is 10.5 Å². The molecule has 6 nitrogen and oxygen atoms in total. The van der Waals surface area contributed by atoms with Gasteiger partial charge in [0.15, 0.2) is 12.4 Å². The van der Waals surface area contributed by atoms with E-state index in [0.717, 1.165) is 27.5 Å². The largest absolute Gasteiger partial charge is 0.454 e. The zero-order valence-electron chi connectivity index (χ0n) is 14.1. The van der Waals surface area contributed by atoms with E-state index in [0.29, 0.717) is 17.2 Å². The van der Waals surface area contributed by atoms with E-state index in [1.807, 2.05) is 55.5 Å². The lowest BCUT2D eigenvalue weighted by Crippen LogP contribution is -2.10. The number of aryl methyl sites for hydroxylation is 1. The molecular formula is C20H16N4O2. The molecule has 0 aliphatic rings. The van der Waals surface area contributed by atoms with E-state index in [9.17, 15) is 4.79 Å². The highest BCUT2D eigenvalue weighted by Crippen LogP contribution is 2.20. The molecule has 0 saturated heterocycles. The maximum Gasteiger partial charge on any atom is 0.339 e. The highest BCUT2D eigenvalue weighted by molar-refractivity contribution is 6.03. The lowest BCUT2D eigenvalue weighted by molar-refractivity contribution is 0.0465. The van der Waals surface area contributed by atoms with Crippen molar-refractivity contribution in [3.63, 3.8) is 0 Å². The van der Waals surface area contributed by atoms with Crippen molar-refractivity contribution in [2.24, 2.45) is 0 Å². The van der Waals surface area contributed by atoms with Crippen molar-refractivity contribution < 1.29 is 9.53 Å². The molecule has 0 aliphatic heterocycles. The van der Waals surface area contributed by atoms with E-state index in [2.05, 4.69) is 15.0 Å². The van der Waals surface area contributed by atoms with Gasteiger partial charge >= 0.3 is 5.97 Å². The van der Waals surface area contributed by atoms with Gasteiger partial charge in [0.25, 0.3) is 0 Å². The number of pyridine rings is 1. The number of nitrogens with zero attached hydrogens (tertiary/aromatic N) is 3. The molecule has 2 aromatic heterocycles. The first-order valence-corrected chi connectivity index (χ1v) is 8.16. The van der Waals surface area contributed by atoms with Crippen LogP contribution in [0.4, 0.5) is 5.82 Å². The number of para-hydroxylation sites is 2. The van der Waals surface area contributed by atoms with Crippen LogP contribution in [0.2, 0.25) is 0 Å². The Labute approximate surface area is 149 Å². The molecule has 6 heteroatoms. The number of hydrogen-bond acceptors (Lipinski definition) is 6. The first-order chi connectivity index (χ1) is 12.6. The maximum absolute atomic E-state index is 12.6. The second-order valence-corrected chi connectivity index (χ2v) is 5.95. The minimum Gasteiger partial charge on any atom is -0.454 e. The summed E-state index contributed by atoms with van der Waals surface area (Å²) in [4.78, 5) is 25.7. The Hall–Kier alpha value is -3.54. The number of benzene rings is 2. The van der Waals surface area contributed by atoms with Crippen molar-refractivity contribution in [1.82, 2.24) is 15.0 Å². The molecule has 0 fully saturated rings. The summed E-state index contributed by atoms with van der Waals surface area (Å²) in [7, 11) is 0. The number of aromatic nitrogens is 3. The molecule has 2 heterocycles. The number of carbonyl (C=O) groups is 1. The molecule has 0 bridgehead atoms. The Morgan fingerprint density at radius 2 is 1.62 bits per heavy atom. The molecule has 0 spiro atoms. The molecular weight excluding hydrogens is 328 g/mol. The molecule has 4 rings (SSSR count). The van der Waals surface area contributed by atoms with Crippen LogP contribution in [0.5, 0.6) is 0 Å². The van der Waals surface area contributed by atoms with Crippen LogP contribution in [0.25, 0.3) is 21.8 Å². The number of fused-ring (bicyclic) bond motifs is 2. The van der Waals surface area contributed by atoms with E-state index in [1.165, 1.54) is 0 Å². The molecule has 0 unspecified atom stereocenters. The highest BCUT2D eigenvalue weighted by atomic mass is 16.5. The highest BCUT2D eigenvalue weighted by Gasteiger charge is 2.14. The summed E-state index contributed by atoms with van der Waals surface area (Å²) in [6.07, 6.45) is 0. The van der Waals surface area contributed by atoms with Gasteiger partial charge in [-0.2, -0.15) is 0 Å². The Balaban J connectivity index is 1.62. The molecule has 2 aromatic carbocycles. The second kappa shape index (κ2) is 6.40. The van der Waals surface area contributed by atoms with Crippen molar-refractivity contribution in [1.29, 1.82) is 0 Å². The second-order valence-electron chi connectivity index (χ2n) is 5.95. The van der Waals surface area contributed by atoms with Crippen LogP contribution in [0.1, 0.15) is 21.9 Å². The molecule has 0 atom stereocenters. The molecule has 0 amide bonds. The van der Waals surface area contributed by atoms with Gasteiger partial charge in [-0.15, -0.1) is 0 Å². The predicted molar refractivity (Wildman–Crippen MR) is 99.5 cm³/mol. The summed E-state index contributed by atoms with van der Waals surface area (Å²) >= 11 is 0. The molecule has 128 valence electrons. The number of esters is 1. The number of nitrogen functional groups attached to an aromatic ring is 1. The third-order valence-corrected chi connectivity index (χ3v) is 4.08. The Bertz CT molecular complexity index is 1140. The minimum atomic E-state index is -0.443. The number of anilines is 1. The van der Waals surface area contributed by atoms with Gasteiger partial charge in [-0.05, 0) is 31.2 Å². The third-order valence-electron chi connectivity index (χ3n) is 4.08. The minimum absolute atomic E-state index is 0.0520. The van der Waals surface area contributed by atoms with Gasteiger partial charge in [0, 0.05) is 16.5 Å². The summed E-state index contributed by atoms with van der Waals surface area (Å²) in [6, 6.07) is 16.6. The fourth-order valence-corrected chi connectivity index (χ4v) is 2.90. The van der Waals surface area contributed by atoms with Crippen LogP contribution in [0.3, 0.4) is 0 Å². The zero-order chi connectivity index (χ0) is 18.1. The van der Waals surface area contributed by atoms with Crippen LogP contribution < -0.4 is 5.73 Å². The topological polar surface area (TPSA) is 91.0 Å². The zero-order valence-corrected chi connectivity index (χ0v) is 14.1. The molecule has 4 aromatic rings. The van der Waals surface area contributed by atoms with Crippen LogP contribution >= 0.6 is 0 Å². The fraction of sp³-hybridized carbons (Fsp3) is 0.100. The van der Waals surface area contributed by atoms with Gasteiger partial charge in [-0.1, -0.05) is 30.3 Å². The first-order valence-electron chi connectivity index (χ1n) is 8.16. The van der Waals surface area contributed by atoms with Crippen molar-refractivity contribution >= 4 is 33.6 Å². The van der Waals surface area contributed by atoms with Crippen molar-refractivity contribution in [3.8, 4) is 0 Å². The van der Waals surface area contributed by atoms with Crippen LogP contribution in [-0.2, 0) is 11.3 Å². The van der Waals surface area contributed by atoms with E-state index < -0.39 is 5.97 Å². The number of ether oxygens (including phenoxy) is 1. The van der Waals surface area contributed by atoms with Gasteiger partial charge in [-0.25, -0.2) is 14.8 Å². The van der Waals surface area contributed by atoms with Gasteiger partial charge in [-0.3, -0.25) is 4.98 Å². The standard InChI is InChI=1S/C20H16N4O2/c1-12-10-15(13-6-2-4-8-16(13)22-12)20(25)26-11-18-23-17-9-5-3-7-14(17)19(21)24-18/h2-10H,11H2,1H3,(H2,21,23,24). The maximum atomic E-state index is 12.6. The molecule has 0 saturated carbocycles. The van der Waals surface area contributed by atoms with Gasteiger partial charge in [0.1, 0.15) is 5.82 Å². The smallest absolute Gasteiger partial charge is 0.339 e. The quantitative estimate of drug-likeness (QED) is 0.573. The molecule has 0 aliphatic carbocycles. The molecule has 26 heavy (non-hydrogen) atoms. The van der Waals surface area contributed by atoms with Gasteiger partial charge in [0.2, 0.25) is 0 Å². The first kappa shape index (κ1) is 16.0. The van der Waals surface area contributed by atoms with E-state index >= 15 is 0 Å². The van der Waals surface area contributed by atoms with Crippen molar-refractivity contribution in [3.05, 3.63) is 71.7 Å². The number of nitrogens with two attached hydrogens (primary N) is 1. The Morgan fingerprint density at radius 1 is 0.962 bits per heavy atom. The fourth-order valence-electron chi connectivity index (χ4n) is 2.90. The van der Waals surface area contributed by atoms with E-state index in [4.69, 9.17) is 10.5 Å². The van der Waals surface area contributed by atoms with Gasteiger partial charge in [0.05, 0.1) is 16.6 Å². The van der Waals surface area contributed by atoms with Crippen LogP contribution in [-0.4, -0.2) is 20.9 Å². The summed E-state index contributed by atoms with van der Waals surface area (Å²) in [5, 5.41) is 1.53. The monoisotopic (exact) mass is 344 g/mol. The third kappa shape index (κ3) is 2.93.